The predicted octanol–water partition coefficient (Wildman–Crippen LogP) is 2.54. The van der Waals surface area contributed by atoms with E-state index < -0.39 is 0 Å². The molecule has 0 bridgehead atoms. The van der Waals surface area contributed by atoms with Crippen molar-refractivity contribution in [1.82, 2.24) is 19.6 Å². The Kier molecular flexibility index (Phi) is 4.68. The summed E-state index contributed by atoms with van der Waals surface area (Å²) >= 11 is 1.59. The summed E-state index contributed by atoms with van der Waals surface area (Å²) in [6.07, 6.45) is 2.96. The predicted molar refractivity (Wildman–Crippen MR) is 113 cm³/mol. The molecular weight excluding hydrogens is 388 g/mol. The van der Waals surface area contributed by atoms with E-state index in [0.717, 1.165) is 53.2 Å². The van der Waals surface area contributed by atoms with E-state index in [4.69, 9.17) is 20.3 Å². The van der Waals surface area contributed by atoms with Crippen molar-refractivity contribution in [3.8, 4) is 17.1 Å². The maximum Gasteiger partial charge on any atom is 0.222 e. The molecule has 0 spiro atoms. The summed E-state index contributed by atoms with van der Waals surface area (Å²) in [5, 5.41) is 5.82. The van der Waals surface area contributed by atoms with Crippen molar-refractivity contribution in [1.29, 1.82) is 0 Å². The van der Waals surface area contributed by atoms with Crippen molar-refractivity contribution >= 4 is 21.4 Å². The van der Waals surface area contributed by atoms with Crippen molar-refractivity contribution in [2.75, 3.05) is 31.7 Å². The van der Waals surface area contributed by atoms with Crippen LogP contribution in [-0.2, 0) is 4.74 Å². The van der Waals surface area contributed by atoms with E-state index >= 15 is 0 Å². The van der Waals surface area contributed by atoms with Crippen LogP contribution in [0.3, 0.4) is 0 Å². The van der Waals surface area contributed by atoms with Gasteiger partial charge >= 0.3 is 0 Å². The molecule has 29 heavy (non-hydrogen) atoms. The van der Waals surface area contributed by atoms with Crippen LogP contribution in [0.25, 0.3) is 16.2 Å². The fraction of sp³-hybridized carbons (Fsp3) is 0.550. The van der Waals surface area contributed by atoms with E-state index in [9.17, 15) is 0 Å². The smallest absolute Gasteiger partial charge is 0.222 e. The Balaban J connectivity index is 1.48. The van der Waals surface area contributed by atoms with E-state index in [0.29, 0.717) is 17.7 Å². The summed E-state index contributed by atoms with van der Waals surface area (Å²) in [5.74, 6) is 1.30. The van der Waals surface area contributed by atoms with Crippen LogP contribution in [0.5, 0.6) is 5.88 Å². The molecule has 0 aliphatic carbocycles. The molecule has 5 rings (SSSR count). The summed E-state index contributed by atoms with van der Waals surface area (Å²) < 4.78 is 13.4. The number of fused-ring (bicyclic) bond motifs is 2. The Morgan fingerprint density at radius 3 is 2.93 bits per heavy atom. The Morgan fingerprint density at radius 1 is 1.31 bits per heavy atom. The molecule has 5 heterocycles. The highest BCUT2D eigenvalue weighted by Crippen LogP contribution is 2.36. The van der Waals surface area contributed by atoms with E-state index in [1.807, 2.05) is 22.8 Å². The minimum Gasteiger partial charge on any atom is -0.480 e. The first kappa shape index (κ1) is 18.8. The number of ether oxygens (including phenoxy) is 2. The second-order valence-electron chi connectivity index (χ2n) is 8.10. The Hall–Kier alpha value is -2.23. The van der Waals surface area contributed by atoms with Crippen LogP contribution in [0.15, 0.2) is 18.3 Å². The third kappa shape index (κ3) is 3.17. The first-order valence-corrected chi connectivity index (χ1v) is 10.9. The van der Waals surface area contributed by atoms with Crippen LogP contribution in [0.1, 0.15) is 31.9 Å². The number of nitrogens with two attached hydrogens (primary N) is 1. The van der Waals surface area contributed by atoms with Crippen molar-refractivity contribution in [2.45, 2.75) is 38.3 Å². The van der Waals surface area contributed by atoms with Gasteiger partial charge in [0.15, 0.2) is 0 Å². The molecule has 0 saturated carbocycles. The van der Waals surface area contributed by atoms with Gasteiger partial charge in [-0.2, -0.15) is 0 Å². The van der Waals surface area contributed by atoms with E-state index in [1.54, 1.807) is 18.4 Å². The van der Waals surface area contributed by atoms with E-state index in [-0.39, 0.29) is 12.1 Å². The highest BCUT2D eigenvalue weighted by Gasteiger charge is 2.41. The van der Waals surface area contributed by atoms with Crippen LogP contribution in [0.4, 0.5) is 5.13 Å². The molecule has 9 heteroatoms. The second kappa shape index (κ2) is 7.23. The van der Waals surface area contributed by atoms with Crippen LogP contribution < -0.4 is 15.4 Å². The zero-order chi connectivity index (χ0) is 20.1. The summed E-state index contributed by atoms with van der Waals surface area (Å²) in [6.45, 7) is 6.70. The van der Waals surface area contributed by atoms with E-state index in [1.165, 1.54) is 0 Å². The SMILES string of the molecule is COc1nc(C(C)C)ccc1-c1cnc2sc(N3C[C@H]4[C@H](N)CCO[C@H]4C3)nn12. The molecule has 0 unspecified atom stereocenters. The molecule has 3 atom stereocenters. The van der Waals surface area contributed by atoms with Gasteiger partial charge in [0.25, 0.3) is 0 Å². The average Bonchev–Trinajstić information content (AvgIpc) is 3.41. The van der Waals surface area contributed by atoms with Gasteiger partial charge in [-0.25, -0.2) is 14.5 Å². The van der Waals surface area contributed by atoms with Crippen molar-refractivity contribution < 1.29 is 9.47 Å². The van der Waals surface area contributed by atoms with Gasteiger partial charge in [0.1, 0.15) is 0 Å². The van der Waals surface area contributed by atoms with Gasteiger partial charge in [-0.3, -0.25) is 0 Å². The Labute approximate surface area is 173 Å². The number of pyridine rings is 1. The summed E-state index contributed by atoms with van der Waals surface area (Å²) in [6, 6.07) is 4.29. The van der Waals surface area contributed by atoms with Gasteiger partial charge in [0.2, 0.25) is 16.0 Å². The lowest BCUT2D eigenvalue weighted by atomic mass is 9.93. The summed E-state index contributed by atoms with van der Waals surface area (Å²) in [4.78, 5) is 12.4. The van der Waals surface area contributed by atoms with Crippen LogP contribution in [-0.4, -0.2) is 58.5 Å². The Morgan fingerprint density at radius 2 is 2.17 bits per heavy atom. The van der Waals surface area contributed by atoms with Gasteiger partial charge in [-0.15, -0.1) is 5.10 Å². The average molecular weight is 415 g/mol. The molecule has 2 saturated heterocycles. The normalized spacial score (nSPS) is 24.4. The molecule has 2 aliphatic rings. The number of methoxy groups -OCH3 is 1. The molecule has 0 amide bonds. The van der Waals surface area contributed by atoms with Crippen molar-refractivity contribution in [3.63, 3.8) is 0 Å². The number of hydrogen-bond acceptors (Lipinski definition) is 8. The van der Waals surface area contributed by atoms with Gasteiger partial charge in [-0.1, -0.05) is 25.2 Å². The highest BCUT2D eigenvalue weighted by atomic mass is 32.1. The number of hydrogen-bond donors (Lipinski definition) is 1. The largest absolute Gasteiger partial charge is 0.480 e. The summed E-state index contributed by atoms with van der Waals surface area (Å²) in [5.41, 5.74) is 9.09. The quantitative estimate of drug-likeness (QED) is 0.701. The fourth-order valence-electron chi connectivity index (χ4n) is 4.23. The summed E-state index contributed by atoms with van der Waals surface area (Å²) in [7, 11) is 1.65. The zero-order valence-electron chi connectivity index (χ0n) is 16.9. The number of rotatable bonds is 4. The lowest BCUT2D eigenvalue weighted by Gasteiger charge is -2.29. The fourth-order valence-corrected chi connectivity index (χ4v) is 5.13. The lowest BCUT2D eigenvalue weighted by molar-refractivity contribution is -0.00904. The van der Waals surface area contributed by atoms with Gasteiger partial charge in [0, 0.05) is 37.4 Å². The maximum atomic E-state index is 6.32. The van der Waals surface area contributed by atoms with Crippen LogP contribution in [0.2, 0.25) is 0 Å². The van der Waals surface area contributed by atoms with Gasteiger partial charge < -0.3 is 20.1 Å². The first-order chi connectivity index (χ1) is 14.0. The monoisotopic (exact) mass is 414 g/mol. The molecule has 0 radical (unpaired) electrons. The van der Waals surface area contributed by atoms with Crippen molar-refractivity contribution in [2.24, 2.45) is 11.7 Å². The van der Waals surface area contributed by atoms with Gasteiger partial charge in [0.05, 0.1) is 30.7 Å². The topological polar surface area (TPSA) is 90.8 Å². The molecule has 2 fully saturated rings. The van der Waals surface area contributed by atoms with Crippen molar-refractivity contribution in [3.05, 3.63) is 24.0 Å². The standard InChI is InChI=1S/C20H26N6O2S/c1-11(2)15-5-4-12(18(23-15)27-3)16-8-22-19-26(16)24-20(29-19)25-9-13-14(21)6-7-28-17(13)10-25/h4-5,8,11,13-14,17H,6-7,9-10,21H2,1-3H3/t13-,14+,17-/m0/s1. The molecule has 3 aromatic heterocycles. The van der Waals surface area contributed by atoms with Gasteiger partial charge in [-0.05, 0) is 24.5 Å². The maximum absolute atomic E-state index is 6.32. The van der Waals surface area contributed by atoms with E-state index in [2.05, 4.69) is 28.7 Å². The molecule has 0 aromatic carbocycles. The third-order valence-corrected chi connectivity index (χ3v) is 6.91. The number of nitrogens with zero attached hydrogens (tertiary/aromatic N) is 5. The molecular formula is C20H26N6O2S. The number of anilines is 1. The number of imidazole rings is 1. The highest BCUT2D eigenvalue weighted by molar-refractivity contribution is 7.20. The molecule has 3 aromatic rings. The van der Waals surface area contributed by atoms with Crippen LogP contribution >= 0.6 is 11.3 Å². The number of aromatic nitrogens is 4. The van der Waals surface area contributed by atoms with Crippen LogP contribution in [0, 0.1) is 5.92 Å². The molecule has 2 aliphatic heterocycles. The molecule has 8 nitrogen and oxygen atoms in total. The third-order valence-electron chi connectivity index (χ3n) is 5.93. The Bertz CT molecular complexity index is 1030. The molecule has 2 N–H and O–H groups in total. The minimum absolute atomic E-state index is 0.197. The first-order valence-electron chi connectivity index (χ1n) is 10.1. The zero-order valence-corrected chi connectivity index (χ0v) is 17.7. The lowest BCUT2D eigenvalue weighted by Crippen LogP contribution is -2.43. The second-order valence-corrected chi connectivity index (χ2v) is 9.04. The molecule has 154 valence electrons. The minimum atomic E-state index is 0.197.